The number of rotatable bonds is 11. The SMILES string of the molecule is Nc1nc2ncc(CNc3ccc(C(=O)N[C@@](CCF)(CCC(=O)O)C(=O)O)cc3)nc2c(=O)[nH]1. The van der Waals surface area contributed by atoms with Crippen LogP contribution in [0.25, 0.3) is 11.2 Å². The summed E-state index contributed by atoms with van der Waals surface area (Å²) < 4.78 is 13.0. The lowest BCUT2D eigenvalue weighted by atomic mass is 9.89. The number of alkyl halides is 1. The summed E-state index contributed by atoms with van der Waals surface area (Å²) in [5.41, 5.74) is 4.15. The summed E-state index contributed by atoms with van der Waals surface area (Å²) in [6.45, 7) is -0.867. The number of halogens is 1. The van der Waals surface area contributed by atoms with Crippen LogP contribution in [0.5, 0.6) is 0 Å². The first kappa shape index (κ1) is 25.0. The Labute approximate surface area is 196 Å². The van der Waals surface area contributed by atoms with Crippen molar-refractivity contribution in [1.29, 1.82) is 0 Å². The number of hydrogen-bond acceptors (Lipinski definition) is 9. The third-order valence-electron chi connectivity index (χ3n) is 5.16. The van der Waals surface area contributed by atoms with Crippen LogP contribution in [0.1, 0.15) is 35.3 Å². The van der Waals surface area contributed by atoms with Crippen LogP contribution in [0.3, 0.4) is 0 Å². The number of nitrogen functional groups attached to an aromatic ring is 1. The molecule has 0 aliphatic heterocycles. The molecule has 0 saturated carbocycles. The van der Waals surface area contributed by atoms with Crippen molar-refractivity contribution in [2.45, 2.75) is 31.3 Å². The first-order valence-electron chi connectivity index (χ1n) is 10.3. The fourth-order valence-electron chi connectivity index (χ4n) is 3.28. The predicted octanol–water partition coefficient (Wildman–Crippen LogP) is 0.685. The van der Waals surface area contributed by atoms with E-state index in [-0.39, 0.29) is 29.2 Å². The van der Waals surface area contributed by atoms with E-state index in [1.807, 2.05) is 0 Å². The van der Waals surface area contributed by atoms with Crippen LogP contribution < -0.4 is 21.9 Å². The summed E-state index contributed by atoms with van der Waals surface area (Å²) >= 11 is 0. The number of hydrogen-bond donors (Lipinski definition) is 6. The molecule has 0 saturated heterocycles. The molecule has 0 fully saturated rings. The van der Waals surface area contributed by atoms with Gasteiger partial charge in [0.2, 0.25) is 5.95 Å². The van der Waals surface area contributed by atoms with E-state index in [2.05, 4.69) is 30.6 Å². The standard InChI is InChI=1S/C21H22FN7O6/c22-8-7-21(19(34)35,6-5-14(30)31)29-17(32)11-1-3-12(4-2-11)24-9-13-10-25-16-15(26-13)18(33)28-20(23)27-16/h1-4,10,24H,5-9H2,(H,29,32)(H,30,31)(H,34,35)(H3,23,25,27,28,33)/t21-/m1/s1. The molecule has 0 spiro atoms. The Hall–Kier alpha value is -4.62. The molecule has 184 valence electrons. The number of anilines is 2. The number of nitrogens with one attached hydrogen (secondary N) is 3. The molecule has 3 rings (SSSR count). The zero-order valence-electron chi connectivity index (χ0n) is 18.2. The fourth-order valence-corrected chi connectivity index (χ4v) is 3.28. The van der Waals surface area contributed by atoms with Crippen molar-refractivity contribution in [3.63, 3.8) is 0 Å². The third kappa shape index (κ3) is 6.04. The van der Waals surface area contributed by atoms with Crippen LogP contribution in [0.2, 0.25) is 0 Å². The Morgan fingerprint density at radius 2 is 1.83 bits per heavy atom. The summed E-state index contributed by atoms with van der Waals surface area (Å²) in [7, 11) is 0. The lowest BCUT2D eigenvalue weighted by Gasteiger charge is -2.29. The number of carboxylic acid groups (broad SMARTS) is 2. The molecule has 1 amide bonds. The number of aromatic nitrogens is 4. The molecule has 3 aromatic rings. The van der Waals surface area contributed by atoms with Gasteiger partial charge in [-0.05, 0) is 30.7 Å². The Morgan fingerprint density at radius 3 is 2.46 bits per heavy atom. The maximum atomic E-state index is 13.0. The molecule has 0 unspecified atom stereocenters. The van der Waals surface area contributed by atoms with Crippen LogP contribution in [0, 0.1) is 0 Å². The first-order chi connectivity index (χ1) is 16.6. The van der Waals surface area contributed by atoms with Gasteiger partial charge in [0.25, 0.3) is 11.5 Å². The van der Waals surface area contributed by atoms with Crippen LogP contribution in [0.4, 0.5) is 16.0 Å². The maximum Gasteiger partial charge on any atom is 0.329 e. The number of nitrogens with zero attached hydrogens (tertiary/aromatic N) is 3. The van der Waals surface area contributed by atoms with Crippen LogP contribution in [0.15, 0.2) is 35.3 Å². The van der Waals surface area contributed by atoms with Gasteiger partial charge < -0.3 is 26.6 Å². The normalized spacial score (nSPS) is 12.6. The summed E-state index contributed by atoms with van der Waals surface area (Å²) in [5.74, 6) is -3.64. The van der Waals surface area contributed by atoms with Gasteiger partial charge in [-0.25, -0.2) is 14.8 Å². The highest BCUT2D eigenvalue weighted by Crippen LogP contribution is 2.21. The molecule has 14 heteroatoms. The number of benzene rings is 1. The van der Waals surface area contributed by atoms with Gasteiger partial charge in [-0.3, -0.25) is 23.8 Å². The first-order valence-corrected chi connectivity index (χ1v) is 10.3. The van der Waals surface area contributed by atoms with Crippen LogP contribution in [-0.2, 0) is 16.1 Å². The number of carbonyl (C=O) groups is 3. The highest BCUT2D eigenvalue weighted by atomic mass is 19.1. The molecule has 0 radical (unpaired) electrons. The third-order valence-corrected chi connectivity index (χ3v) is 5.16. The number of carboxylic acids is 2. The van der Waals surface area contributed by atoms with E-state index in [1.165, 1.54) is 18.3 Å². The molecule has 0 aliphatic rings. The number of aliphatic carboxylic acids is 2. The number of nitrogens with two attached hydrogens (primary N) is 1. The smallest absolute Gasteiger partial charge is 0.329 e. The Morgan fingerprint density at radius 1 is 1.11 bits per heavy atom. The molecule has 1 atom stereocenters. The van der Waals surface area contributed by atoms with Crippen LogP contribution in [-0.4, -0.2) is 60.2 Å². The van der Waals surface area contributed by atoms with E-state index in [1.54, 1.807) is 12.1 Å². The van der Waals surface area contributed by atoms with Gasteiger partial charge in [-0.2, -0.15) is 4.98 Å². The van der Waals surface area contributed by atoms with Crippen molar-refractivity contribution < 1.29 is 29.0 Å². The second-order valence-corrected chi connectivity index (χ2v) is 7.59. The quantitative estimate of drug-likeness (QED) is 0.221. The highest BCUT2D eigenvalue weighted by Gasteiger charge is 2.40. The van der Waals surface area contributed by atoms with Crippen molar-refractivity contribution in [3.8, 4) is 0 Å². The molecule has 0 aliphatic carbocycles. The van der Waals surface area contributed by atoms with Crippen molar-refractivity contribution >= 4 is 40.6 Å². The Balaban J connectivity index is 1.69. The molecule has 35 heavy (non-hydrogen) atoms. The molecule has 7 N–H and O–H groups in total. The summed E-state index contributed by atoms with van der Waals surface area (Å²) in [5, 5.41) is 23.8. The minimum Gasteiger partial charge on any atom is -0.481 e. The second-order valence-electron chi connectivity index (χ2n) is 7.59. The van der Waals surface area contributed by atoms with E-state index in [0.29, 0.717) is 11.4 Å². The number of amides is 1. The van der Waals surface area contributed by atoms with Gasteiger partial charge in [-0.15, -0.1) is 0 Å². The lowest BCUT2D eigenvalue weighted by molar-refractivity contribution is -0.146. The number of H-pyrrole nitrogens is 1. The molecule has 0 bridgehead atoms. The minimum atomic E-state index is -2.05. The zero-order valence-corrected chi connectivity index (χ0v) is 18.2. The van der Waals surface area contributed by atoms with Gasteiger partial charge >= 0.3 is 11.9 Å². The minimum absolute atomic E-state index is 0.0311. The summed E-state index contributed by atoms with van der Waals surface area (Å²) in [6, 6.07) is 5.93. The number of carbonyl (C=O) groups excluding carboxylic acids is 1. The average Bonchev–Trinajstić information content (AvgIpc) is 2.81. The molecule has 2 aromatic heterocycles. The van der Waals surface area contributed by atoms with Gasteiger partial charge in [0, 0.05) is 24.1 Å². The molecular weight excluding hydrogens is 465 g/mol. The van der Waals surface area contributed by atoms with E-state index in [4.69, 9.17) is 10.8 Å². The van der Waals surface area contributed by atoms with E-state index < -0.39 is 54.9 Å². The van der Waals surface area contributed by atoms with Gasteiger partial charge in [0.15, 0.2) is 11.2 Å². The molecular formula is C21H22FN7O6. The maximum absolute atomic E-state index is 13.0. The number of fused-ring (bicyclic) bond motifs is 1. The molecule has 2 heterocycles. The monoisotopic (exact) mass is 487 g/mol. The van der Waals surface area contributed by atoms with Crippen molar-refractivity contribution in [3.05, 3.63) is 52.1 Å². The predicted molar refractivity (Wildman–Crippen MR) is 121 cm³/mol. The fraction of sp³-hybridized carbons (Fsp3) is 0.286. The number of aromatic amines is 1. The summed E-state index contributed by atoms with van der Waals surface area (Å²) in [4.78, 5) is 61.7. The van der Waals surface area contributed by atoms with Gasteiger partial charge in [0.05, 0.1) is 25.1 Å². The molecule has 13 nitrogen and oxygen atoms in total. The summed E-state index contributed by atoms with van der Waals surface area (Å²) in [6.07, 6.45) is -0.164. The van der Waals surface area contributed by atoms with Gasteiger partial charge in [0.1, 0.15) is 5.54 Å². The van der Waals surface area contributed by atoms with E-state index >= 15 is 0 Å². The zero-order chi connectivity index (χ0) is 25.6. The molecule has 1 aromatic carbocycles. The van der Waals surface area contributed by atoms with Crippen molar-refractivity contribution in [2.24, 2.45) is 0 Å². The van der Waals surface area contributed by atoms with Gasteiger partial charge in [-0.1, -0.05) is 0 Å². The van der Waals surface area contributed by atoms with E-state index in [9.17, 15) is 28.7 Å². The average molecular weight is 487 g/mol. The Kier molecular flexibility index (Phi) is 7.53. The van der Waals surface area contributed by atoms with E-state index in [0.717, 1.165) is 0 Å². The Bertz CT molecular complexity index is 1310. The lowest BCUT2D eigenvalue weighted by Crippen LogP contribution is -2.55. The van der Waals surface area contributed by atoms with Crippen molar-refractivity contribution in [1.82, 2.24) is 25.3 Å². The highest BCUT2D eigenvalue weighted by molar-refractivity contribution is 5.98. The topological polar surface area (TPSA) is 213 Å². The second kappa shape index (κ2) is 10.5. The largest absolute Gasteiger partial charge is 0.481 e. The van der Waals surface area contributed by atoms with Crippen molar-refractivity contribution in [2.75, 3.05) is 17.7 Å². The van der Waals surface area contributed by atoms with Crippen LogP contribution >= 0.6 is 0 Å².